The fourth-order valence-electron chi connectivity index (χ4n) is 3.49. The maximum absolute atomic E-state index is 13.0. The molecule has 0 atom stereocenters. The van der Waals surface area contributed by atoms with Crippen LogP contribution >= 0.6 is 11.6 Å². The van der Waals surface area contributed by atoms with E-state index in [0.29, 0.717) is 18.8 Å². The van der Waals surface area contributed by atoms with Gasteiger partial charge < -0.3 is 9.84 Å². The van der Waals surface area contributed by atoms with Crippen LogP contribution in [0.15, 0.2) is 34.4 Å². The van der Waals surface area contributed by atoms with Gasteiger partial charge in [0.25, 0.3) is 0 Å². The Labute approximate surface area is 185 Å². The van der Waals surface area contributed by atoms with Crippen molar-refractivity contribution in [2.75, 3.05) is 6.26 Å². The molecule has 10 heteroatoms. The summed E-state index contributed by atoms with van der Waals surface area (Å²) < 4.78 is 32.0. The minimum Gasteiger partial charge on any atom is -0.511 e. The van der Waals surface area contributed by atoms with Crippen molar-refractivity contribution < 1.29 is 27.9 Å². The minimum atomic E-state index is -3.69. The molecule has 31 heavy (non-hydrogen) atoms. The van der Waals surface area contributed by atoms with Gasteiger partial charge in [0.15, 0.2) is 15.6 Å². The third-order valence-electron chi connectivity index (χ3n) is 4.99. The Morgan fingerprint density at radius 2 is 2.03 bits per heavy atom. The number of Topliss-reactive ketones (excluding diaryl/α,β-unsaturated/α-hetero) is 2. The van der Waals surface area contributed by atoms with Crippen molar-refractivity contribution in [3.8, 4) is 5.88 Å². The van der Waals surface area contributed by atoms with E-state index in [1.54, 1.807) is 17.7 Å². The number of benzene rings is 1. The monoisotopic (exact) mass is 466 g/mol. The van der Waals surface area contributed by atoms with Crippen molar-refractivity contribution in [2.24, 2.45) is 0 Å². The van der Waals surface area contributed by atoms with Gasteiger partial charge in [-0.25, -0.2) is 13.1 Å². The van der Waals surface area contributed by atoms with Crippen molar-refractivity contribution in [1.29, 1.82) is 0 Å². The number of hydrogen-bond acceptors (Lipinski definition) is 7. The summed E-state index contributed by atoms with van der Waals surface area (Å²) in [6.07, 6.45) is 1.87. The standard InChI is InChI=1S/C21H23ClN2O6S/c1-4-24-18(10-12(2)23-24)30-11-14-17(31(3,28)29)9-8-13(20(14)22)21(27)19-15(25)6-5-7-16(19)26/h8-10,25H,4-7,11H2,1-3H3. The summed E-state index contributed by atoms with van der Waals surface area (Å²) >= 11 is 6.47. The van der Waals surface area contributed by atoms with Gasteiger partial charge in [0.05, 0.1) is 15.6 Å². The predicted molar refractivity (Wildman–Crippen MR) is 114 cm³/mol. The lowest BCUT2D eigenvalue weighted by molar-refractivity contribution is -0.116. The average molecular weight is 467 g/mol. The third kappa shape index (κ3) is 4.67. The van der Waals surface area contributed by atoms with Crippen LogP contribution in [0.2, 0.25) is 5.02 Å². The van der Waals surface area contributed by atoms with Crippen molar-refractivity contribution in [3.05, 3.63) is 51.4 Å². The topological polar surface area (TPSA) is 116 Å². The number of aliphatic hydroxyl groups is 1. The quantitative estimate of drug-likeness (QED) is 0.489. The van der Waals surface area contributed by atoms with Crippen LogP contribution in [0.25, 0.3) is 0 Å². The molecule has 166 valence electrons. The van der Waals surface area contributed by atoms with Gasteiger partial charge in [0.2, 0.25) is 11.7 Å². The van der Waals surface area contributed by atoms with Gasteiger partial charge in [-0.1, -0.05) is 11.6 Å². The Balaban J connectivity index is 2.06. The van der Waals surface area contributed by atoms with Crippen LogP contribution in [0.1, 0.15) is 47.8 Å². The lowest BCUT2D eigenvalue weighted by Gasteiger charge is -2.17. The molecule has 0 fully saturated rings. The van der Waals surface area contributed by atoms with Crippen molar-refractivity contribution in [2.45, 2.75) is 51.2 Å². The molecule has 1 aromatic heterocycles. The predicted octanol–water partition coefficient (Wildman–Crippen LogP) is 3.60. The first-order valence-electron chi connectivity index (χ1n) is 9.73. The number of carbonyl (C=O) groups is 2. The van der Waals surface area contributed by atoms with E-state index in [9.17, 15) is 23.1 Å². The van der Waals surface area contributed by atoms with Crippen LogP contribution in [0.5, 0.6) is 5.88 Å². The molecular weight excluding hydrogens is 444 g/mol. The Morgan fingerprint density at radius 3 is 2.65 bits per heavy atom. The summed E-state index contributed by atoms with van der Waals surface area (Å²) in [6, 6.07) is 4.23. The molecule has 2 aromatic rings. The molecule has 1 aromatic carbocycles. The summed E-state index contributed by atoms with van der Waals surface area (Å²) in [6.45, 7) is 4.00. The molecule has 0 spiro atoms. The van der Waals surface area contributed by atoms with E-state index in [4.69, 9.17) is 16.3 Å². The zero-order valence-corrected chi connectivity index (χ0v) is 19.0. The number of aliphatic hydroxyl groups excluding tert-OH is 1. The number of carbonyl (C=O) groups excluding carboxylic acids is 2. The third-order valence-corrected chi connectivity index (χ3v) is 6.60. The first-order valence-corrected chi connectivity index (χ1v) is 12.0. The van der Waals surface area contributed by atoms with Crippen molar-refractivity contribution in [1.82, 2.24) is 9.78 Å². The number of allylic oxidation sites excluding steroid dienone is 2. The fourth-order valence-corrected chi connectivity index (χ4v) is 4.78. The SMILES string of the molecule is CCn1nc(C)cc1OCc1c(S(C)(=O)=O)ccc(C(=O)C2=C(O)CCCC2=O)c1Cl. The van der Waals surface area contributed by atoms with E-state index in [2.05, 4.69) is 5.10 Å². The van der Waals surface area contributed by atoms with Gasteiger partial charge in [-0.3, -0.25) is 9.59 Å². The van der Waals surface area contributed by atoms with E-state index in [-0.39, 0.29) is 51.8 Å². The molecule has 3 rings (SSSR count). The average Bonchev–Trinajstić information content (AvgIpc) is 3.05. The zero-order chi connectivity index (χ0) is 22.9. The molecule has 0 unspecified atom stereocenters. The van der Waals surface area contributed by atoms with Crippen LogP contribution in [0, 0.1) is 6.92 Å². The number of sulfone groups is 1. The van der Waals surface area contributed by atoms with Gasteiger partial charge in [-0.05, 0) is 32.4 Å². The fraction of sp³-hybridized carbons (Fsp3) is 0.381. The van der Waals surface area contributed by atoms with Crippen molar-refractivity contribution >= 4 is 33.0 Å². The summed E-state index contributed by atoms with van der Waals surface area (Å²) in [5.74, 6) is -1.04. The number of ether oxygens (including phenoxy) is 1. The molecule has 0 saturated carbocycles. The molecule has 0 radical (unpaired) electrons. The highest BCUT2D eigenvalue weighted by Crippen LogP contribution is 2.33. The number of aromatic nitrogens is 2. The minimum absolute atomic E-state index is 0.0651. The molecule has 1 heterocycles. The first-order chi connectivity index (χ1) is 14.5. The van der Waals surface area contributed by atoms with E-state index in [0.717, 1.165) is 11.9 Å². The number of ketones is 2. The maximum atomic E-state index is 13.0. The summed E-state index contributed by atoms with van der Waals surface area (Å²) in [5.41, 5.74) is 0.463. The molecule has 0 aliphatic heterocycles. The summed E-state index contributed by atoms with van der Waals surface area (Å²) in [4.78, 5) is 25.1. The summed E-state index contributed by atoms with van der Waals surface area (Å²) in [7, 11) is -3.69. The van der Waals surface area contributed by atoms with Gasteiger partial charge >= 0.3 is 0 Å². The van der Waals surface area contributed by atoms with Crippen LogP contribution < -0.4 is 4.74 Å². The summed E-state index contributed by atoms with van der Waals surface area (Å²) in [5, 5.41) is 14.2. The highest BCUT2D eigenvalue weighted by Gasteiger charge is 2.30. The molecule has 8 nitrogen and oxygen atoms in total. The molecule has 0 bridgehead atoms. The number of halogens is 1. The van der Waals surface area contributed by atoms with E-state index in [1.165, 1.54) is 12.1 Å². The second-order valence-corrected chi connectivity index (χ2v) is 9.69. The van der Waals surface area contributed by atoms with Gasteiger partial charge in [-0.2, -0.15) is 5.10 Å². The smallest absolute Gasteiger partial charge is 0.212 e. The number of nitrogens with zero attached hydrogens (tertiary/aromatic N) is 2. The number of aryl methyl sites for hydroxylation is 2. The Morgan fingerprint density at radius 1 is 1.32 bits per heavy atom. The Kier molecular flexibility index (Phi) is 6.56. The molecule has 1 aliphatic carbocycles. The second-order valence-electron chi connectivity index (χ2n) is 7.33. The Bertz CT molecular complexity index is 1200. The van der Waals surface area contributed by atoms with Crippen LogP contribution in [0.4, 0.5) is 0 Å². The van der Waals surface area contributed by atoms with E-state index in [1.807, 2.05) is 6.92 Å². The van der Waals surface area contributed by atoms with Gasteiger partial charge in [0.1, 0.15) is 17.9 Å². The van der Waals surface area contributed by atoms with E-state index >= 15 is 0 Å². The number of hydrogen-bond donors (Lipinski definition) is 1. The molecular formula is C21H23ClN2O6S. The highest BCUT2D eigenvalue weighted by atomic mass is 35.5. The van der Waals surface area contributed by atoms with Crippen LogP contribution in [0.3, 0.4) is 0 Å². The van der Waals surface area contributed by atoms with Crippen molar-refractivity contribution in [3.63, 3.8) is 0 Å². The van der Waals surface area contributed by atoms with Crippen LogP contribution in [-0.4, -0.2) is 41.1 Å². The normalized spacial score (nSPS) is 14.8. The maximum Gasteiger partial charge on any atom is 0.212 e. The molecule has 1 N–H and O–H groups in total. The van der Waals surface area contributed by atoms with Gasteiger partial charge in [-0.15, -0.1) is 0 Å². The largest absolute Gasteiger partial charge is 0.511 e. The Hall–Kier alpha value is -2.65. The van der Waals surface area contributed by atoms with E-state index < -0.39 is 21.4 Å². The lowest BCUT2D eigenvalue weighted by Crippen LogP contribution is -2.20. The lowest BCUT2D eigenvalue weighted by atomic mass is 9.90. The highest BCUT2D eigenvalue weighted by molar-refractivity contribution is 7.90. The first kappa shape index (κ1) is 23.0. The molecule has 1 aliphatic rings. The number of rotatable bonds is 7. The van der Waals surface area contributed by atoms with Gasteiger partial charge in [0, 0.05) is 42.8 Å². The molecule has 0 amide bonds. The van der Waals surface area contributed by atoms with Crippen LogP contribution in [-0.2, 0) is 27.8 Å². The zero-order valence-electron chi connectivity index (χ0n) is 17.4. The second kappa shape index (κ2) is 8.84. The molecule has 0 saturated heterocycles.